The van der Waals surface area contributed by atoms with Crippen LogP contribution in [0.2, 0.25) is 0 Å². The first-order valence-corrected chi connectivity index (χ1v) is 6.64. The second-order valence-corrected chi connectivity index (χ2v) is 4.89. The maximum absolute atomic E-state index is 12.3. The third-order valence-electron chi connectivity index (χ3n) is 3.13. The molecule has 0 radical (unpaired) electrons. The monoisotopic (exact) mass is 294 g/mol. The fourth-order valence-electron chi connectivity index (χ4n) is 2.02. The maximum Gasteiger partial charge on any atom is 0.390 e. The Labute approximate surface area is 121 Å². The molecule has 2 nitrogen and oxygen atoms in total. The second-order valence-electron chi connectivity index (χ2n) is 4.89. The summed E-state index contributed by atoms with van der Waals surface area (Å²) >= 11 is 0. The Morgan fingerprint density at radius 1 is 0.952 bits per heavy atom. The van der Waals surface area contributed by atoms with Crippen molar-refractivity contribution in [1.29, 1.82) is 0 Å². The standard InChI is InChI=1S/C16H17F3N2/c17-16(18,19)10-15(20)13-6-8-14(9-7-13)21-11-12-4-2-1-3-5-12/h1-9,15,21H,10-11,20H2/t15-/m0/s1. The van der Waals surface area contributed by atoms with Crippen LogP contribution in [0.5, 0.6) is 0 Å². The minimum atomic E-state index is -4.25. The summed E-state index contributed by atoms with van der Waals surface area (Å²) in [5, 5.41) is 3.21. The van der Waals surface area contributed by atoms with Crippen molar-refractivity contribution in [2.24, 2.45) is 5.73 Å². The molecule has 0 unspecified atom stereocenters. The Kier molecular flexibility index (Phi) is 4.85. The van der Waals surface area contributed by atoms with Crippen LogP contribution in [0, 0.1) is 0 Å². The fraction of sp³-hybridized carbons (Fsp3) is 0.250. The Morgan fingerprint density at radius 2 is 1.57 bits per heavy atom. The van der Waals surface area contributed by atoms with E-state index in [4.69, 9.17) is 5.73 Å². The average Bonchev–Trinajstić information content (AvgIpc) is 2.45. The van der Waals surface area contributed by atoms with Gasteiger partial charge in [0.25, 0.3) is 0 Å². The SMILES string of the molecule is N[C@@H](CC(F)(F)F)c1ccc(NCc2ccccc2)cc1. The molecule has 5 heteroatoms. The van der Waals surface area contributed by atoms with Gasteiger partial charge in [-0.25, -0.2) is 0 Å². The van der Waals surface area contributed by atoms with Crippen molar-refractivity contribution in [1.82, 2.24) is 0 Å². The molecule has 0 saturated heterocycles. The van der Waals surface area contributed by atoms with E-state index in [1.165, 1.54) is 0 Å². The Hall–Kier alpha value is -2.01. The van der Waals surface area contributed by atoms with Crippen LogP contribution in [0.1, 0.15) is 23.6 Å². The average molecular weight is 294 g/mol. The van der Waals surface area contributed by atoms with E-state index in [-0.39, 0.29) is 0 Å². The van der Waals surface area contributed by atoms with E-state index in [0.717, 1.165) is 11.3 Å². The summed E-state index contributed by atoms with van der Waals surface area (Å²) in [4.78, 5) is 0. The molecular weight excluding hydrogens is 277 g/mol. The third kappa shape index (κ3) is 5.11. The molecule has 0 bridgehead atoms. The van der Waals surface area contributed by atoms with Gasteiger partial charge in [0.2, 0.25) is 0 Å². The van der Waals surface area contributed by atoms with Crippen LogP contribution in [0.15, 0.2) is 54.6 Å². The molecule has 0 saturated carbocycles. The van der Waals surface area contributed by atoms with E-state index in [9.17, 15) is 13.2 Å². The van der Waals surface area contributed by atoms with E-state index in [2.05, 4.69) is 5.32 Å². The highest BCUT2D eigenvalue weighted by Gasteiger charge is 2.30. The van der Waals surface area contributed by atoms with Gasteiger partial charge in [0, 0.05) is 18.3 Å². The van der Waals surface area contributed by atoms with Crippen LogP contribution in [-0.2, 0) is 6.54 Å². The fourth-order valence-corrected chi connectivity index (χ4v) is 2.02. The Bertz CT molecular complexity index is 550. The lowest BCUT2D eigenvalue weighted by molar-refractivity contribution is -0.138. The molecule has 1 atom stereocenters. The highest BCUT2D eigenvalue weighted by Crippen LogP contribution is 2.28. The highest BCUT2D eigenvalue weighted by atomic mass is 19.4. The number of nitrogens with two attached hydrogens (primary N) is 1. The molecule has 112 valence electrons. The lowest BCUT2D eigenvalue weighted by Gasteiger charge is -2.15. The first-order chi connectivity index (χ1) is 9.94. The molecule has 2 aromatic carbocycles. The van der Waals surface area contributed by atoms with Crippen LogP contribution >= 0.6 is 0 Å². The minimum Gasteiger partial charge on any atom is -0.381 e. The van der Waals surface area contributed by atoms with Crippen LogP contribution in [0.25, 0.3) is 0 Å². The molecule has 0 aromatic heterocycles. The summed E-state index contributed by atoms with van der Waals surface area (Å²) in [5.74, 6) is 0. The van der Waals surface area contributed by atoms with Gasteiger partial charge in [-0.15, -0.1) is 0 Å². The van der Waals surface area contributed by atoms with Gasteiger partial charge < -0.3 is 11.1 Å². The lowest BCUT2D eigenvalue weighted by Crippen LogP contribution is -2.20. The van der Waals surface area contributed by atoms with E-state index >= 15 is 0 Å². The number of rotatable bonds is 5. The van der Waals surface area contributed by atoms with E-state index in [0.29, 0.717) is 12.1 Å². The molecule has 0 amide bonds. The summed E-state index contributed by atoms with van der Waals surface area (Å²) in [7, 11) is 0. The predicted octanol–water partition coefficient (Wildman–Crippen LogP) is 4.25. The number of nitrogens with one attached hydrogen (secondary N) is 1. The van der Waals surface area contributed by atoms with Gasteiger partial charge in [-0.3, -0.25) is 0 Å². The molecule has 0 fully saturated rings. The van der Waals surface area contributed by atoms with Crippen LogP contribution in [0.4, 0.5) is 18.9 Å². The molecule has 0 aliphatic rings. The summed E-state index contributed by atoms with van der Waals surface area (Å²) in [6.45, 7) is 0.661. The van der Waals surface area contributed by atoms with Gasteiger partial charge in [-0.1, -0.05) is 42.5 Å². The van der Waals surface area contributed by atoms with Crippen molar-refractivity contribution >= 4 is 5.69 Å². The number of benzene rings is 2. The number of hydrogen-bond donors (Lipinski definition) is 2. The molecule has 0 spiro atoms. The minimum absolute atomic E-state index is 0.484. The smallest absolute Gasteiger partial charge is 0.381 e. The largest absolute Gasteiger partial charge is 0.390 e. The van der Waals surface area contributed by atoms with Crippen molar-refractivity contribution in [3.05, 3.63) is 65.7 Å². The van der Waals surface area contributed by atoms with E-state index in [1.807, 2.05) is 30.3 Å². The lowest BCUT2D eigenvalue weighted by atomic mass is 10.0. The van der Waals surface area contributed by atoms with Crippen LogP contribution < -0.4 is 11.1 Å². The molecule has 0 heterocycles. The number of hydrogen-bond acceptors (Lipinski definition) is 2. The zero-order valence-electron chi connectivity index (χ0n) is 11.4. The number of anilines is 1. The first-order valence-electron chi connectivity index (χ1n) is 6.64. The van der Waals surface area contributed by atoms with Crippen molar-refractivity contribution < 1.29 is 13.2 Å². The maximum atomic E-state index is 12.3. The van der Waals surface area contributed by atoms with Crippen molar-refractivity contribution in [3.8, 4) is 0 Å². The summed E-state index contributed by atoms with van der Waals surface area (Å²) in [6, 6.07) is 15.6. The predicted molar refractivity (Wildman–Crippen MR) is 77.8 cm³/mol. The van der Waals surface area contributed by atoms with Gasteiger partial charge in [-0.05, 0) is 23.3 Å². The topological polar surface area (TPSA) is 38.0 Å². The zero-order valence-corrected chi connectivity index (χ0v) is 11.4. The summed E-state index contributed by atoms with van der Waals surface area (Å²) in [5.41, 5.74) is 8.02. The molecule has 2 rings (SSSR count). The third-order valence-corrected chi connectivity index (χ3v) is 3.13. The van der Waals surface area contributed by atoms with Crippen molar-refractivity contribution in [3.63, 3.8) is 0 Å². The van der Waals surface area contributed by atoms with E-state index < -0.39 is 18.6 Å². The van der Waals surface area contributed by atoms with Crippen molar-refractivity contribution in [2.75, 3.05) is 5.32 Å². The first kappa shape index (κ1) is 15.4. The highest BCUT2D eigenvalue weighted by molar-refractivity contribution is 5.45. The van der Waals surface area contributed by atoms with Crippen molar-refractivity contribution in [2.45, 2.75) is 25.2 Å². The Morgan fingerprint density at radius 3 is 2.14 bits per heavy atom. The number of halogens is 3. The van der Waals surface area contributed by atoms with Crippen LogP contribution in [-0.4, -0.2) is 6.18 Å². The second kappa shape index (κ2) is 6.63. The quantitative estimate of drug-likeness (QED) is 0.865. The van der Waals surface area contributed by atoms with Gasteiger partial charge in [0.05, 0.1) is 6.42 Å². The molecule has 0 aliphatic carbocycles. The Balaban J connectivity index is 1.93. The molecule has 3 N–H and O–H groups in total. The number of alkyl halides is 3. The normalized spacial score (nSPS) is 13.0. The van der Waals surface area contributed by atoms with Gasteiger partial charge in [-0.2, -0.15) is 13.2 Å². The zero-order chi connectivity index (χ0) is 15.3. The summed E-state index contributed by atoms with van der Waals surface area (Å²) < 4.78 is 36.9. The molecule has 0 aliphatic heterocycles. The van der Waals surface area contributed by atoms with E-state index in [1.54, 1.807) is 24.3 Å². The molecule has 2 aromatic rings. The summed E-state index contributed by atoms with van der Waals surface area (Å²) in [6.07, 6.45) is -5.26. The van der Waals surface area contributed by atoms with Crippen LogP contribution in [0.3, 0.4) is 0 Å². The molecular formula is C16H17F3N2. The van der Waals surface area contributed by atoms with Gasteiger partial charge in [0.15, 0.2) is 0 Å². The van der Waals surface area contributed by atoms with Gasteiger partial charge in [0.1, 0.15) is 0 Å². The van der Waals surface area contributed by atoms with Gasteiger partial charge >= 0.3 is 6.18 Å². The molecule has 21 heavy (non-hydrogen) atoms.